The highest BCUT2D eigenvalue weighted by molar-refractivity contribution is 5.81. The standard InChI is InChI=1S/C17H22F4N4O/c1-10(17(26)22-11-4-2-3-5-11)24-6-8-25(9-7-24)14-12(18)15(20)23-16(21)13(14)19/h10-11H,2-9H2,1H3,(H,22,26). The van der Waals surface area contributed by atoms with Gasteiger partial charge in [0, 0.05) is 32.2 Å². The lowest BCUT2D eigenvalue weighted by atomic mass is 10.1. The van der Waals surface area contributed by atoms with Crippen molar-refractivity contribution in [3.05, 3.63) is 23.5 Å². The Morgan fingerprint density at radius 2 is 1.58 bits per heavy atom. The van der Waals surface area contributed by atoms with E-state index >= 15 is 0 Å². The van der Waals surface area contributed by atoms with Crippen LogP contribution in [0.2, 0.25) is 0 Å². The van der Waals surface area contributed by atoms with E-state index in [1.807, 2.05) is 4.90 Å². The van der Waals surface area contributed by atoms with Crippen LogP contribution < -0.4 is 10.2 Å². The van der Waals surface area contributed by atoms with Crippen LogP contribution in [0.5, 0.6) is 0 Å². The van der Waals surface area contributed by atoms with E-state index in [0.717, 1.165) is 25.7 Å². The summed E-state index contributed by atoms with van der Waals surface area (Å²) >= 11 is 0. The molecule has 0 bridgehead atoms. The van der Waals surface area contributed by atoms with Crippen molar-refractivity contribution < 1.29 is 22.4 Å². The van der Waals surface area contributed by atoms with Crippen LogP contribution in [0.15, 0.2) is 0 Å². The number of nitrogens with zero attached hydrogens (tertiary/aromatic N) is 3. The number of nitrogens with one attached hydrogen (secondary N) is 1. The fraction of sp³-hybridized carbons (Fsp3) is 0.647. The van der Waals surface area contributed by atoms with Gasteiger partial charge < -0.3 is 10.2 Å². The first-order valence-corrected chi connectivity index (χ1v) is 8.88. The molecule has 2 heterocycles. The van der Waals surface area contributed by atoms with E-state index in [9.17, 15) is 22.4 Å². The van der Waals surface area contributed by atoms with Crippen LogP contribution in [-0.2, 0) is 4.79 Å². The highest BCUT2D eigenvalue weighted by atomic mass is 19.2. The first-order chi connectivity index (χ1) is 12.4. The van der Waals surface area contributed by atoms with Crippen LogP contribution in [0.25, 0.3) is 0 Å². The van der Waals surface area contributed by atoms with Crippen molar-refractivity contribution in [1.82, 2.24) is 15.2 Å². The summed E-state index contributed by atoms with van der Waals surface area (Å²) < 4.78 is 54.3. The van der Waals surface area contributed by atoms with Crippen molar-refractivity contribution in [2.24, 2.45) is 0 Å². The van der Waals surface area contributed by atoms with Crippen LogP contribution in [0.3, 0.4) is 0 Å². The number of halogens is 4. The van der Waals surface area contributed by atoms with Gasteiger partial charge in [-0.1, -0.05) is 12.8 Å². The van der Waals surface area contributed by atoms with Crippen LogP contribution in [0.4, 0.5) is 23.2 Å². The smallest absolute Gasteiger partial charge is 0.253 e. The third-order valence-corrected chi connectivity index (χ3v) is 5.23. The molecule has 0 radical (unpaired) electrons. The molecule has 1 aromatic rings. The molecule has 2 aliphatic rings. The minimum atomic E-state index is -1.66. The molecular formula is C17H22F4N4O. The van der Waals surface area contributed by atoms with Gasteiger partial charge >= 0.3 is 0 Å². The van der Waals surface area contributed by atoms with E-state index in [1.165, 1.54) is 4.90 Å². The number of carbonyl (C=O) groups excluding carboxylic acids is 1. The number of carbonyl (C=O) groups is 1. The molecule has 1 aliphatic carbocycles. The molecule has 1 aromatic heterocycles. The molecule has 9 heteroatoms. The lowest BCUT2D eigenvalue weighted by molar-refractivity contribution is -0.126. The van der Waals surface area contributed by atoms with Gasteiger partial charge in [-0.05, 0) is 19.8 Å². The first-order valence-electron chi connectivity index (χ1n) is 8.88. The maximum Gasteiger partial charge on any atom is 0.253 e. The molecule has 1 saturated carbocycles. The van der Waals surface area contributed by atoms with Gasteiger partial charge in [-0.25, -0.2) is 0 Å². The van der Waals surface area contributed by atoms with Gasteiger partial charge in [0.1, 0.15) is 5.69 Å². The molecule has 2 fully saturated rings. The van der Waals surface area contributed by atoms with Gasteiger partial charge in [-0.15, -0.1) is 0 Å². The second-order valence-corrected chi connectivity index (χ2v) is 6.86. The van der Waals surface area contributed by atoms with E-state index in [1.54, 1.807) is 6.92 Å². The van der Waals surface area contributed by atoms with E-state index in [4.69, 9.17) is 0 Å². The minimum Gasteiger partial charge on any atom is -0.364 e. The van der Waals surface area contributed by atoms with E-state index in [0.29, 0.717) is 13.1 Å². The predicted octanol–water partition coefficient (Wildman–Crippen LogP) is 2.21. The van der Waals surface area contributed by atoms with Crippen LogP contribution in [0.1, 0.15) is 32.6 Å². The Balaban J connectivity index is 1.61. The Morgan fingerprint density at radius 3 is 2.12 bits per heavy atom. The Morgan fingerprint density at radius 1 is 1.04 bits per heavy atom. The molecule has 3 rings (SSSR count). The SMILES string of the molecule is CC(C(=O)NC1CCCC1)N1CCN(c2c(F)c(F)nc(F)c2F)CC1. The van der Waals surface area contributed by atoms with Gasteiger partial charge in [0.25, 0.3) is 11.9 Å². The van der Waals surface area contributed by atoms with Crippen molar-refractivity contribution in [1.29, 1.82) is 0 Å². The fourth-order valence-corrected chi connectivity index (χ4v) is 3.64. The summed E-state index contributed by atoms with van der Waals surface area (Å²) in [7, 11) is 0. The van der Waals surface area contributed by atoms with E-state index < -0.39 is 29.2 Å². The zero-order valence-electron chi connectivity index (χ0n) is 14.6. The van der Waals surface area contributed by atoms with E-state index in [-0.39, 0.29) is 31.1 Å². The van der Waals surface area contributed by atoms with Crippen molar-refractivity contribution >= 4 is 11.6 Å². The summed E-state index contributed by atoms with van der Waals surface area (Å²) in [5, 5.41) is 3.03. The maximum absolute atomic E-state index is 13.9. The van der Waals surface area contributed by atoms with Crippen molar-refractivity contribution in [3.8, 4) is 0 Å². The summed E-state index contributed by atoms with van der Waals surface area (Å²) in [6.45, 7) is 2.79. The van der Waals surface area contributed by atoms with Crippen LogP contribution in [-0.4, -0.2) is 54.1 Å². The number of amides is 1. The summed E-state index contributed by atoms with van der Waals surface area (Å²) in [4.78, 5) is 18.1. The summed E-state index contributed by atoms with van der Waals surface area (Å²) in [5.41, 5.74) is -0.738. The molecule has 1 aliphatic heterocycles. The number of anilines is 1. The maximum atomic E-state index is 13.9. The first kappa shape index (κ1) is 18.9. The quantitative estimate of drug-likeness (QED) is 0.649. The minimum absolute atomic E-state index is 0.0660. The number of pyridine rings is 1. The highest BCUT2D eigenvalue weighted by Gasteiger charge is 2.31. The van der Waals surface area contributed by atoms with Crippen molar-refractivity contribution in [2.45, 2.75) is 44.7 Å². The largest absolute Gasteiger partial charge is 0.364 e. The Kier molecular flexibility index (Phi) is 5.64. The normalized spacial score (nSPS) is 20.4. The number of hydrogen-bond acceptors (Lipinski definition) is 4. The number of rotatable bonds is 4. The number of piperazine rings is 1. The lowest BCUT2D eigenvalue weighted by Crippen LogP contribution is -2.55. The molecule has 1 unspecified atom stereocenters. The molecule has 5 nitrogen and oxygen atoms in total. The number of hydrogen-bond donors (Lipinski definition) is 1. The Bertz CT molecular complexity index is 647. The summed E-state index contributed by atoms with van der Waals surface area (Å²) in [6.07, 6.45) is 4.22. The van der Waals surface area contributed by atoms with Crippen LogP contribution in [0, 0.1) is 23.5 Å². The predicted molar refractivity (Wildman–Crippen MR) is 87.7 cm³/mol. The summed E-state index contributed by atoms with van der Waals surface area (Å²) in [6, 6.07) is -0.157. The monoisotopic (exact) mass is 374 g/mol. The Labute approximate surface area is 149 Å². The van der Waals surface area contributed by atoms with Crippen LogP contribution >= 0.6 is 0 Å². The zero-order valence-corrected chi connectivity index (χ0v) is 14.6. The molecular weight excluding hydrogens is 352 g/mol. The molecule has 1 N–H and O–H groups in total. The second kappa shape index (κ2) is 7.77. The van der Waals surface area contributed by atoms with Gasteiger partial charge in [0.15, 0.2) is 0 Å². The molecule has 1 amide bonds. The molecule has 1 saturated heterocycles. The second-order valence-electron chi connectivity index (χ2n) is 6.86. The van der Waals surface area contributed by atoms with Gasteiger partial charge in [-0.2, -0.15) is 22.5 Å². The third kappa shape index (κ3) is 3.77. The third-order valence-electron chi connectivity index (χ3n) is 5.23. The average molecular weight is 374 g/mol. The van der Waals surface area contributed by atoms with Crippen molar-refractivity contribution in [2.75, 3.05) is 31.1 Å². The van der Waals surface area contributed by atoms with E-state index in [2.05, 4.69) is 10.3 Å². The van der Waals surface area contributed by atoms with Gasteiger partial charge in [0.2, 0.25) is 17.5 Å². The fourth-order valence-electron chi connectivity index (χ4n) is 3.64. The average Bonchev–Trinajstić information content (AvgIpc) is 3.13. The molecule has 0 spiro atoms. The highest BCUT2D eigenvalue weighted by Crippen LogP contribution is 2.27. The molecule has 26 heavy (non-hydrogen) atoms. The number of aromatic nitrogens is 1. The Hall–Kier alpha value is -1.90. The lowest BCUT2D eigenvalue weighted by Gasteiger charge is -2.38. The van der Waals surface area contributed by atoms with Crippen molar-refractivity contribution in [3.63, 3.8) is 0 Å². The van der Waals surface area contributed by atoms with Gasteiger partial charge in [0.05, 0.1) is 6.04 Å². The van der Waals surface area contributed by atoms with Gasteiger partial charge in [-0.3, -0.25) is 9.69 Å². The summed E-state index contributed by atoms with van der Waals surface area (Å²) in [5.74, 6) is -6.38. The molecule has 144 valence electrons. The molecule has 0 aromatic carbocycles. The zero-order chi connectivity index (χ0) is 18.8. The molecule has 1 atom stereocenters. The topological polar surface area (TPSA) is 48.5 Å².